The second-order valence-corrected chi connectivity index (χ2v) is 11.3. The summed E-state index contributed by atoms with van der Waals surface area (Å²) in [6.45, 7) is 1.23. The molecule has 49 heavy (non-hydrogen) atoms. The Bertz CT molecular complexity index is 1930. The molecule has 5 aromatic rings. The molecule has 0 saturated carbocycles. The molecule has 0 aliphatic heterocycles. The minimum atomic E-state index is -0.852. The van der Waals surface area contributed by atoms with E-state index in [9.17, 15) is 24.6 Å². The summed E-state index contributed by atoms with van der Waals surface area (Å²) in [5.41, 5.74) is 3.22. The van der Waals surface area contributed by atoms with Crippen molar-refractivity contribution in [3.8, 4) is 11.5 Å². The summed E-state index contributed by atoms with van der Waals surface area (Å²) in [6, 6.07) is 24.1. The molecule has 0 saturated heterocycles. The van der Waals surface area contributed by atoms with Crippen LogP contribution in [0.25, 0.3) is 10.9 Å². The standard InChI is InChI=1S/C37H38N4O8/c1-47-37(46)41-34(25-8-3-2-4-9-25)26-10-7-11-28(19-26)49-23-24-18-27(21-39-20-24)36(45)48-17-6-5-16-38-22-32(43)29-12-14-31(42)35-30(29)13-15-33(44)40-35/h2-4,7-15,18-21,32,34,38,42-43H,5-6,16-17,22-23H2,1H3,(H,40,44)(H,41,46)/t32-,34-/m0/s1. The zero-order valence-electron chi connectivity index (χ0n) is 26.9. The van der Waals surface area contributed by atoms with Gasteiger partial charge in [-0.3, -0.25) is 9.78 Å². The maximum absolute atomic E-state index is 12.7. The first-order valence-electron chi connectivity index (χ1n) is 15.8. The first-order valence-corrected chi connectivity index (χ1v) is 15.8. The van der Waals surface area contributed by atoms with Gasteiger partial charge in [-0.05, 0) is 66.4 Å². The van der Waals surface area contributed by atoms with Gasteiger partial charge in [-0.2, -0.15) is 0 Å². The van der Waals surface area contributed by atoms with Gasteiger partial charge in [0.05, 0.1) is 36.9 Å². The fourth-order valence-electron chi connectivity index (χ4n) is 5.31. The van der Waals surface area contributed by atoms with Crippen molar-refractivity contribution < 1.29 is 34.0 Å². The number of benzene rings is 3. The number of aromatic amines is 1. The van der Waals surface area contributed by atoms with Gasteiger partial charge in [-0.1, -0.05) is 48.5 Å². The largest absolute Gasteiger partial charge is 0.506 e. The van der Waals surface area contributed by atoms with Crippen molar-refractivity contribution in [1.82, 2.24) is 20.6 Å². The number of carbonyl (C=O) groups excluding carboxylic acids is 2. The molecule has 2 atom stereocenters. The number of hydrogen-bond donors (Lipinski definition) is 5. The van der Waals surface area contributed by atoms with Crippen LogP contribution in [-0.4, -0.2) is 59.0 Å². The normalized spacial score (nSPS) is 12.2. The molecular weight excluding hydrogens is 628 g/mol. The molecule has 0 aliphatic carbocycles. The molecule has 3 aromatic carbocycles. The van der Waals surface area contributed by atoms with Crippen LogP contribution in [0, 0.1) is 0 Å². The van der Waals surface area contributed by atoms with E-state index in [2.05, 4.69) is 20.6 Å². The van der Waals surface area contributed by atoms with Crippen LogP contribution in [-0.2, 0) is 16.1 Å². The highest BCUT2D eigenvalue weighted by Crippen LogP contribution is 2.29. The van der Waals surface area contributed by atoms with E-state index in [4.69, 9.17) is 14.2 Å². The predicted molar refractivity (Wildman–Crippen MR) is 182 cm³/mol. The highest BCUT2D eigenvalue weighted by molar-refractivity contribution is 5.89. The Morgan fingerprint density at radius 3 is 2.57 bits per heavy atom. The maximum Gasteiger partial charge on any atom is 0.407 e. The molecule has 0 bridgehead atoms. The van der Waals surface area contributed by atoms with E-state index in [1.807, 2.05) is 54.6 Å². The summed E-state index contributed by atoms with van der Waals surface area (Å²) < 4.78 is 16.3. The second-order valence-electron chi connectivity index (χ2n) is 11.3. The lowest BCUT2D eigenvalue weighted by atomic mass is 9.98. The SMILES string of the molecule is COC(=O)N[C@@H](c1ccccc1)c1cccc(OCc2cncc(C(=O)OCCCCNC[C@H](O)c3ccc(O)c4[nH]c(=O)ccc34)c2)c1. The number of fused-ring (bicyclic) bond motifs is 1. The van der Waals surface area contributed by atoms with E-state index in [0.717, 1.165) is 11.1 Å². The monoisotopic (exact) mass is 666 g/mol. The highest BCUT2D eigenvalue weighted by Gasteiger charge is 2.18. The Morgan fingerprint density at radius 1 is 0.939 bits per heavy atom. The van der Waals surface area contributed by atoms with E-state index >= 15 is 0 Å². The fourth-order valence-corrected chi connectivity index (χ4v) is 5.31. The molecule has 5 rings (SSSR count). The van der Waals surface area contributed by atoms with Crippen molar-refractivity contribution in [3.63, 3.8) is 0 Å². The molecule has 0 spiro atoms. The minimum absolute atomic E-state index is 0.0619. The summed E-state index contributed by atoms with van der Waals surface area (Å²) in [4.78, 5) is 43.1. The smallest absolute Gasteiger partial charge is 0.407 e. The summed E-state index contributed by atoms with van der Waals surface area (Å²) in [5, 5.41) is 27.3. The molecule has 0 fully saturated rings. The van der Waals surface area contributed by atoms with Gasteiger partial charge in [0.2, 0.25) is 5.56 Å². The van der Waals surface area contributed by atoms with Crippen molar-refractivity contribution in [2.75, 3.05) is 26.8 Å². The van der Waals surface area contributed by atoms with Gasteiger partial charge in [-0.25, -0.2) is 9.59 Å². The van der Waals surface area contributed by atoms with Crippen LogP contribution < -0.4 is 20.9 Å². The Morgan fingerprint density at radius 2 is 1.76 bits per heavy atom. The van der Waals surface area contributed by atoms with E-state index in [1.165, 1.54) is 25.4 Å². The number of H-pyrrole nitrogens is 1. The molecule has 0 aliphatic rings. The van der Waals surface area contributed by atoms with Crippen LogP contribution in [0.15, 0.2) is 102 Å². The molecule has 12 nitrogen and oxygen atoms in total. The van der Waals surface area contributed by atoms with Crippen molar-refractivity contribution in [2.24, 2.45) is 0 Å². The van der Waals surface area contributed by atoms with Gasteiger partial charge in [0, 0.05) is 36.0 Å². The lowest BCUT2D eigenvalue weighted by molar-refractivity contribution is 0.0497. The van der Waals surface area contributed by atoms with Crippen LogP contribution in [0.3, 0.4) is 0 Å². The van der Waals surface area contributed by atoms with Crippen molar-refractivity contribution >= 4 is 23.0 Å². The van der Waals surface area contributed by atoms with Gasteiger partial charge < -0.3 is 40.0 Å². The Balaban J connectivity index is 1.06. The summed E-state index contributed by atoms with van der Waals surface area (Å²) in [7, 11) is 1.32. The average molecular weight is 667 g/mol. The van der Waals surface area contributed by atoms with Crippen molar-refractivity contribution in [1.29, 1.82) is 0 Å². The van der Waals surface area contributed by atoms with E-state index < -0.39 is 24.2 Å². The predicted octanol–water partition coefficient (Wildman–Crippen LogP) is 4.91. The molecule has 254 valence electrons. The molecule has 5 N–H and O–H groups in total. The van der Waals surface area contributed by atoms with Gasteiger partial charge in [0.1, 0.15) is 18.1 Å². The summed E-state index contributed by atoms with van der Waals surface area (Å²) >= 11 is 0. The molecule has 2 aromatic heterocycles. The highest BCUT2D eigenvalue weighted by atomic mass is 16.5. The molecule has 0 radical (unpaired) electrons. The zero-order valence-corrected chi connectivity index (χ0v) is 26.9. The quantitative estimate of drug-likeness (QED) is 0.0763. The molecule has 2 heterocycles. The third-order valence-corrected chi connectivity index (χ3v) is 7.79. The number of rotatable bonds is 15. The van der Waals surface area contributed by atoms with E-state index in [1.54, 1.807) is 24.4 Å². The number of phenols is 1. The van der Waals surface area contributed by atoms with Crippen LogP contribution >= 0.6 is 0 Å². The number of unbranched alkanes of at least 4 members (excludes halogenated alkanes) is 1. The third kappa shape index (κ3) is 9.43. The number of phenolic OH excluding ortho intramolecular Hbond substituents is 1. The van der Waals surface area contributed by atoms with Crippen LogP contribution in [0.1, 0.15) is 57.6 Å². The second kappa shape index (κ2) is 16.9. The molecule has 1 amide bonds. The number of aliphatic hydroxyl groups is 1. The number of amides is 1. The molecular formula is C37H38N4O8. The van der Waals surface area contributed by atoms with Gasteiger partial charge in [0.15, 0.2) is 0 Å². The number of ether oxygens (including phenoxy) is 3. The van der Waals surface area contributed by atoms with E-state index in [0.29, 0.717) is 47.2 Å². The maximum atomic E-state index is 12.7. The van der Waals surface area contributed by atoms with Crippen molar-refractivity contribution in [3.05, 3.63) is 135 Å². The number of methoxy groups -OCH3 is 1. The number of alkyl carbamates (subject to hydrolysis) is 1. The third-order valence-electron chi connectivity index (χ3n) is 7.79. The zero-order chi connectivity index (χ0) is 34.6. The fraction of sp³-hybridized carbons (Fsp3) is 0.243. The number of aliphatic hydroxyl groups excluding tert-OH is 1. The first kappa shape index (κ1) is 34.6. The first-order chi connectivity index (χ1) is 23.8. The number of aromatic nitrogens is 2. The lowest BCUT2D eigenvalue weighted by Crippen LogP contribution is -2.29. The van der Waals surface area contributed by atoms with Gasteiger partial charge in [-0.15, -0.1) is 0 Å². The summed E-state index contributed by atoms with van der Waals surface area (Å²) in [5.74, 6) is 0.0247. The van der Waals surface area contributed by atoms with Crippen molar-refractivity contribution in [2.45, 2.75) is 31.6 Å². The number of nitrogens with one attached hydrogen (secondary N) is 3. The van der Waals surface area contributed by atoms with Crippen LogP contribution in [0.4, 0.5) is 4.79 Å². The number of aromatic hydroxyl groups is 1. The van der Waals surface area contributed by atoms with Crippen LogP contribution in [0.2, 0.25) is 0 Å². The number of carbonyl (C=O) groups is 2. The minimum Gasteiger partial charge on any atom is -0.506 e. The number of nitrogens with zero attached hydrogens (tertiary/aromatic N) is 1. The number of pyridine rings is 2. The Kier molecular flexibility index (Phi) is 11.9. The Labute approximate surface area is 282 Å². The molecule has 12 heteroatoms. The Hall–Kier alpha value is -5.72. The number of esters is 1. The average Bonchev–Trinajstić information content (AvgIpc) is 3.13. The van der Waals surface area contributed by atoms with Gasteiger partial charge >= 0.3 is 12.1 Å². The summed E-state index contributed by atoms with van der Waals surface area (Å²) in [6.07, 6.45) is 2.97. The molecule has 0 unspecified atom stereocenters. The lowest BCUT2D eigenvalue weighted by Gasteiger charge is -2.20. The van der Waals surface area contributed by atoms with Gasteiger partial charge in [0.25, 0.3) is 0 Å². The topological polar surface area (TPSA) is 172 Å². The van der Waals surface area contributed by atoms with Crippen LogP contribution in [0.5, 0.6) is 11.5 Å². The number of hydrogen-bond acceptors (Lipinski definition) is 10. The van der Waals surface area contributed by atoms with E-state index in [-0.39, 0.29) is 36.6 Å².